The monoisotopic (exact) mass is 504 g/mol. The first kappa shape index (κ1) is 26.2. The van der Waals surface area contributed by atoms with Gasteiger partial charge in [0.1, 0.15) is 12.4 Å². The van der Waals surface area contributed by atoms with Crippen LogP contribution < -0.4 is 16.2 Å². The number of aromatic nitrogens is 2. The van der Waals surface area contributed by atoms with Gasteiger partial charge in [-0.2, -0.15) is 26.3 Å². The molecule has 1 unspecified atom stereocenters. The Bertz CT molecular complexity index is 1130. The third-order valence-electron chi connectivity index (χ3n) is 5.39. The SMILES string of the molecule is O=C(Cn1c(CCCC(F)(F)F)nc(-c2ccc(C(F)(F)F)cc2)cc1=O)NCC1CCC(=O)N1. The molecule has 35 heavy (non-hydrogen) atoms. The number of benzene rings is 1. The number of nitrogens with one attached hydrogen (secondary N) is 2. The highest BCUT2D eigenvalue weighted by atomic mass is 19.4. The average molecular weight is 504 g/mol. The summed E-state index contributed by atoms with van der Waals surface area (Å²) in [4.78, 5) is 40.6. The Morgan fingerprint density at radius 3 is 2.37 bits per heavy atom. The standard InChI is InChI=1S/C22H22F6N4O3/c23-21(24,25)9-1-2-17-31-16(13-3-5-14(6-4-13)22(26,27)28)10-20(35)32(17)12-19(34)29-11-15-7-8-18(33)30-15/h3-6,10,15H,1-2,7-9,11-12H2,(H,29,34)(H,30,33). The molecular weight excluding hydrogens is 482 g/mol. The van der Waals surface area contributed by atoms with Crippen LogP contribution in [0.4, 0.5) is 26.3 Å². The molecule has 0 radical (unpaired) electrons. The van der Waals surface area contributed by atoms with Crippen molar-refractivity contribution in [3.63, 3.8) is 0 Å². The van der Waals surface area contributed by atoms with Crippen molar-refractivity contribution in [3.8, 4) is 11.3 Å². The first-order valence-corrected chi connectivity index (χ1v) is 10.7. The summed E-state index contributed by atoms with van der Waals surface area (Å²) in [6.45, 7) is -0.388. The smallest absolute Gasteiger partial charge is 0.352 e. The molecule has 1 aromatic heterocycles. The molecule has 2 N–H and O–H groups in total. The Hall–Kier alpha value is -3.38. The number of aryl methyl sites for hydroxylation is 1. The molecule has 1 aliphatic rings. The summed E-state index contributed by atoms with van der Waals surface area (Å²) in [5.41, 5.74) is -1.49. The second-order valence-electron chi connectivity index (χ2n) is 8.13. The third kappa shape index (κ3) is 7.55. The summed E-state index contributed by atoms with van der Waals surface area (Å²) in [5, 5.41) is 5.23. The normalized spacial score (nSPS) is 16.3. The largest absolute Gasteiger partial charge is 0.416 e. The Balaban J connectivity index is 1.82. The van der Waals surface area contributed by atoms with Crippen molar-refractivity contribution in [3.05, 3.63) is 52.1 Å². The van der Waals surface area contributed by atoms with Crippen LogP contribution in [0.15, 0.2) is 35.1 Å². The number of amides is 2. The van der Waals surface area contributed by atoms with Crippen LogP contribution in [-0.2, 0) is 28.7 Å². The topological polar surface area (TPSA) is 93.1 Å². The summed E-state index contributed by atoms with van der Waals surface area (Å²) < 4.78 is 77.3. The molecular formula is C22H22F6N4O3. The maximum absolute atomic E-state index is 12.8. The van der Waals surface area contributed by atoms with E-state index in [1.807, 2.05) is 0 Å². The van der Waals surface area contributed by atoms with Crippen LogP contribution >= 0.6 is 0 Å². The van der Waals surface area contributed by atoms with E-state index in [0.717, 1.165) is 34.9 Å². The molecule has 190 valence electrons. The molecule has 1 aromatic carbocycles. The van der Waals surface area contributed by atoms with Crippen LogP contribution in [0.25, 0.3) is 11.3 Å². The van der Waals surface area contributed by atoms with Crippen LogP contribution in [0.1, 0.15) is 37.1 Å². The number of alkyl halides is 6. The molecule has 0 saturated carbocycles. The number of halogens is 6. The van der Waals surface area contributed by atoms with E-state index >= 15 is 0 Å². The fourth-order valence-corrected chi connectivity index (χ4v) is 3.61. The predicted octanol–water partition coefficient (Wildman–Crippen LogP) is 3.21. The highest BCUT2D eigenvalue weighted by Crippen LogP contribution is 2.30. The van der Waals surface area contributed by atoms with E-state index in [-0.39, 0.29) is 42.0 Å². The lowest BCUT2D eigenvalue weighted by Gasteiger charge is -2.16. The number of rotatable bonds is 8. The number of nitrogens with zero attached hydrogens (tertiary/aromatic N) is 2. The van der Waals surface area contributed by atoms with E-state index in [2.05, 4.69) is 15.6 Å². The molecule has 1 atom stereocenters. The van der Waals surface area contributed by atoms with Gasteiger partial charge >= 0.3 is 12.4 Å². The summed E-state index contributed by atoms with van der Waals surface area (Å²) in [7, 11) is 0. The fraction of sp³-hybridized carbons (Fsp3) is 0.455. The van der Waals surface area contributed by atoms with E-state index in [1.54, 1.807) is 0 Å². The van der Waals surface area contributed by atoms with Gasteiger partial charge in [0.05, 0.1) is 11.3 Å². The van der Waals surface area contributed by atoms with Gasteiger partial charge in [-0.3, -0.25) is 19.0 Å². The van der Waals surface area contributed by atoms with Crippen molar-refractivity contribution in [1.29, 1.82) is 0 Å². The number of hydrogen-bond donors (Lipinski definition) is 2. The van der Waals surface area contributed by atoms with Crippen LogP contribution in [-0.4, -0.2) is 40.1 Å². The molecule has 0 aliphatic carbocycles. The van der Waals surface area contributed by atoms with Gasteiger partial charge in [0.25, 0.3) is 5.56 Å². The lowest BCUT2D eigenvalue weighted by atomic mass is 10.1. The quantitative estimate of drug-likeness (QED) is 0.540. The zero-order valence-corrected chi connectivity index (χ0v) is 18.3. The molecule has 2 amide bonds. The first-order chi connectivity index (χ1) is 16.3. The molecule has 3 rings (SSSR count). The van der Waals surface area contributed by atoms with Crippen LogP contribution in [0.2, 0.25) is 0 Å². The first-order valence-electron chi connectivity index (χ1n) is 10.7. The molecule has 7 nitrogen and oxygen atoms in total. The second kappa shape index (κ2) is 10.5. The van der Waals surface area contributed by atoms with E-state index < -0.39 is 48.8 Å². The van der Waals surface area contributed by atoms with E-state index in [1.165, 1.54) is 0 Å². The van der Waals surface area contributed by atoms with Crippen molar-refractivity contribution >= 4 is 11.8 Å². The van der Waals surface area contributed by atoms with Gasteiger partial charge in [-0.15, -0.1) is 0 Å². The average Bonchev–Trinajstić information content (AvgIpc) is 3.18. The fourth-order valence-electron chi connectivity index (χ4n) is 3.61. The minimum absolute atomic E-state index is 0.0175. The van der Waals surface area contributed by atoms with Crippen molar-refractivity contribution in [2.45, 2.75) is 57.0 Å². The number of carbonyl (C=O) groups is 2. The van der Waals surface area contributed by atoms with E-state index in [0.29, 0.717) is 12.8 Å². The summed E-state index contributed by atoms with van der Waals surface area (Å²) >= 11 is 0. The predicted molar refractivity (Wildman–Crippen MR) is 112 cm³/mol. The molecule has 2 heterocycles. The molecule has 1 fully saturated rings. The van der Waals surface area contributed by atoms with E-state index in [9.17, 15) is 40.7 Å². The summed E-state index contributed by atoms with van der Waals surface area (Å²) in [5.74, 6) is -0.842. The minimum atomic E-state index is -4.56. The highest BCUT2D eigenvalue weighted by Gasteiger charge is 2.30. The van der Waals surface area contributed by atoms with Crippen LogP contribution in [0, 0.1) is 0 Å². The van der Waals surface area contributed by atoms with Gasteiger partial charge in [0.2, 0.25) is 11.8 Å². The molecule has 1 saturated heterocycles. The molecule has 1 aliphatic heterocycles. The van der Waals surface area contributed by atoms with Crippen molar-refractivity contribution in [2.24, 2.45) is 0 Å². The van der Waals surface area contributed by atoms with Crippen molar-refractivity contribution in [1.82, 2.24) is 20.2 Å². The molecule has 0 bridgehead atoms. The lowest BCUT2D eigenvalue weighted by Crippen LogP contribution is -2.41. The van der Waals surface area contributed by atoms with Gasteiger partial charge in [-0.25, -0.2) is 4.98 Å². The summed E-state index contributed by atoms with van der Waals surface area (Å²) in [6, 6.07) is 4.59. The number of hydrogen-bond acceptors (Lipinski definition) is 4. The highest BCUT2D eigenvalue weighted by molar-refractivity contribution is 5.79. The maximum Gasteiger partial charge on any atom is 0.416 e. The molecule has 13 heteroatoms. The van der Waals surface area contributed by atoms with Gasteiger partial charge in [-0.05, 0) is 25.0 Å². The Morgan fingerprint density at radius 2 is 1.80 bits per heavy atom. The Kier molecular flexibility index (Phi) is 7.86. The Morgan fingerprint density at radius 1 is 1.11 bits per heavy atom. The maximum atomic E-state index is 12.8. The zero-order chi connectivity index (χ0) is 25.8. The number of carbonyl (C=O) groups excluding carboxylic acids is 2. The van der Waals surface area contributed by atoms with Crippen molar-refractivity contribution < 1.29 is 35.9 Å². The minimum Gasteiger partial charge on any atom is -0.352 e. The lowest BCUT2D eigenvalue weighted by molar-refractivity contribution is -0.137. The van der Waals surface area contributed by atoms with Gasteiger partial charge in [0, 0.05) is 43.5 Å². The molecule has 2 aromatic rings. The summed E-state index contributed by atoms with van der Waals surface area (Å²) in [6.07, 6.45) is -9.95. The molecule has 0 spiro atoms. The third-order valence-corrected chi connectivity index (χ3v) is 5.39. The van der Waals surface area contributed by atoms with Gasteiger partial charge in [-0.1, -0.05) is 12.1 Å². The second-order valence-corrected chi connectivity index (χ2v) is 8.13. The van der Waals surface area contributed by atoms with E-state index in [4.69, 9.17) is 0 Å². The van der Waals surface area contributed by atoms with Crippen LogP contribution in [0.3, 0.4) is 0 Å². The Labute approximate surface area is 195 Å². The van der Waals surface area contributed by atoms with Crippen molar-refractivity contribution in [2.75, 3.05) is 6.54 Å². The zero-order valence-electron chi connectivity index (χ0n) is 18.3. The van der Waals surface area contributed by atoms with Crippen LogP contribution in [0.5, 0.6) is 0 Å². The van der Waals surface area contributed by atoms with Gasteiger partial charge < -0.3 is 10.6 Å². The van der Waals surface area contributed by atoms with Gasteiger partial charge in [0.15, 0.2) is 0 Å².